The predicted molar refractivity (Wildman–Crippen MR) is 100 cm³/mol. The maximum Gasteiger partial charge on any atom is 0.416 e. The SMILES string of the molecule is O=C(Nc1nncs1)C1CCN(c2ccnc3cc(C(F)(F)F)ccc23)CC1. The molecule has 1 fully saturated rings. The first-order valence-electron chi connectivity index (χ1n) is 8.70. The van der Waals surface area contributed by atoms with Crippen LogP contribution in [0.2, 0.25) is 0 Å². The van der Waals surface area contributed by atoms with Crippen molar-refractivity contribution in [3.8, 4) is 0 Å². The van der Waals surface area contributed by atoms with E-state index in [4.69, 9.17) is 0 Å². The van der Waals surface area contributed by atoms with Gasteiger partial charge in [-0.3, -0.25) is 9.78 Å². The lowest BCUT2D eigenvalue weighted by Gasteiger charge is -2.33. The number of hydrogen-bond acceptors (Lipinski definition) is 6. The van der Waals surface area contributed by atoms with Crippen molar-refractivity contribution in [1.82, 2.24) is 15.2 Å². The number of piperidine rings is 1. The molecule has 3 heterocycles. The normalized spacial score (nSPS) is 15.8. The summed E-state index contributed by atoms with van der Waals surface area (Å²) in [6.45, 7) is 1.27. The van der Waals surface area contributed by atoms with Crippen molar-refractivity contribution < 1.29 is 18.0 Å². The van der Waals surface area contributed by atoms with Crippen molar-refractivity contribution in [1.29, 1.82) is 0 Å². The van der Waals surface area contributed by atoms with Crippen LogP contribution in [-0.2, 0) is 11.0 Å². The second-order valence-corrected chi connectivity index (χ2v) is 7.39. The highest BCUT2D eigenvalue weighted by atomic mass is 32.1. The fourth-order valence-electron chi connectivity index (χ4n) is 3.40. The molecule has 2 aromatic heterocycles. The van der Waals surface area contributed by atoms with Crippen LogP contribution in [0.3, 0.4) is 0 Å². The van der Waals surface area contributed by atoms with Crippen molar-refractivity contribution >= 4 is 39.0 Å². The molecule has 0 spiro atoms. The van der Waals surface area contributed by atoms with E-state index in [0.29, 0.717) is 42.0 Å². The van der Waals surface area contributed by atoms with Gasteiger partial charge in [-0.25, -0.2) is 0 Å². The first-order valence-corrected chi connectivity index (χ1v) is 9.58. The molecular weight excluding hydrogens is 391 g/mol. The van der Waals surface area contributed by atoms with E-state index in [2.05, 4.69) is 25.4 Å². The van der Waals surface area contributed by atoms with Crippen molar-refractivity contribution in [3.05, 3.63) is 41.5 Å². The largest absolute Gasteiger partial charge is 0.416 e. The zero-order valence-electron chi connectivity index (χ0n) is 14.6. The number of alkyl halides is 3. The molecular formula is C18H16F3N5OS. The first kappa shape index (κ1) is 18.6. The van der Waals surface area contributed by atoms with E-state index in [0.717, 1.165) is 17.8 Å². The molecule has 0 aliphatic carbocycles. The number of hydrogen-bond donors (Lipinski definition) is 1. The van der Waals surface area contributed by atoms with Crippen LogP contribution in [0.4, 0.5) is 24.0 Å². The van der Waals surface area contributed by atoms with Gasteiger partial charge in [0.1, 0.15) is 5.51 Å². The van der Waals surface area contributed by atoms with Gasteiger partial charge in [0.05, 0.1) is 11.1 Å². The highest BCUT2D eigenvalue weighted by molar-refractivity contribution is 7.13. The number of aromatic nitrogens is 3. The van der Waals surface area contributed by atoms with E-state index in [9.17, 15) is 18.0 Å². The standard InChI is InChI=1S/C18H16F3N5OS/c19-18(20,21)12-1-2-13-14(9-12)22-6-3-15(13)26-7-4-11(5-8-26)16(27)24-17-25-23-10-28-17/h1-3,6,9-11H,4-5,7-8H2,(H,24,25,27). The zero-order chi connectivity index (χ0) is 19.7. The fraction of sp³-hybridized carbons (Fsp3) is 0.333. The minimum Gasteiger partial charge on any atom is -0.371 e. The van der Waals surface area contributed by atoms with Crippen LogP contribution in [0.15, 0.2) is 36.0 Å². The van der Waals surface area contributed by atoms with Crippen LogP contribution in [-0.4, -0.2) is 34.2 Å². The Balaban J connectivity index is 1.48. The Morgan fingerprint density at radius 1 is 1.21 bits per heavy atom. The maximum absolute atomic E-state index is 12.9. The van der Waals surface area contributed by atoms with Gasteiger partial charge in [0.25, 0.3) is 0 Å². The molecule has 10 heteroatoms. The van der Waals surface area contributed by atoms with Gasteiger partial charge in [0.2, 0.25) is 11.0 Å². The Morgan fingerprint density at radius 3 is 2.68 bits per heavy atom. The number of amides is 1. The minimum atomic E-state index is -4.40. The van der Waals surface area contributed by atoms with E-state index in [1.54, 1.807) is 11.6 Å². The number of nitrogens with one attached hydrogen (secondary N) is 1. The number of fused-ring (bicyclic) bond motifs is 1. The molecule has 0 atom stereocenters. The number of nitrogens with zero attached hydrogens (tertiary/aromatic N) is 4. The Hall–Kier alpha value is -2.75. The second-order valence-electron chi connectivity index (χ2n) is 6.55. The highest BCUT2D eigenvalue weighted by Crippen LogP contribution is 2.34. The van der Waals surface area contributed by atoms with Gasteiger partial charge in [0.15, 0.2) is 0 Å². The summed E-state index contributed by atoms with van der Waals surface area (Å²) in [7, 11) is 0. The first-order chi connectivity index (χ1) is 13.4. The third-order valence-electron chi connectivity index (χ3n) is 4.84. The quantitative estimate of drug-likeness (QED) is 0.712. The zero-order valence-corrected chi connectivity index (χ0v) is 15.4. The number of rotatable bonds is 3. The summed E-state index contributed by atoms with van der Waals surface area (Å²) in [5, 5.41) is 11.4. The molecule has 1 aromatic carbocycles. The average molecular weight is 407 g/mol. The number of halogens is 3. The monoisotopic (exact) mass is 407 g/mol. The molecule has 1 amide bonds. The molecule has 1 aliphatic rings. The number of anilines is 2. The molecule has 146 valence electrons. The van der Waals surface area contributed by atoms with Gasteiger partial charge in [-0.2, -0.15) is 13.2 Å². The Kier molecular flexibility index (Phi) is 4.88. The van der Waals surface area contributed by atoms with Crippen LogP contribution < -0.4 is 10.2 Å². The number of benzene rings is 1. The van der Waals surface area contributed by atoms with Gasteiger partial charge in [-0.15, -0.1) is 10.2 Å². The minimum absolute atomic E-state index is 0.0780. The predicted octanol–water partition coefficient (Wildman–Crippen LogP) is 3.96. The van der Waals surface area contributed by atoms with Gasteiger partial charge in [-0.05, 0) is 31.0 Å². The molecule has 0 saturated carbocycles. The molecule has 28 heavy (non-hydrogen) atoms. The Bertz CT molecular complexity index is 985. The van der Waals surface area contributed by atoms with Gasteiger partial charge < -0.3 is 10.2 Å². The van der Waals surface area contributed by atoms with Gasteiger partial charge in [-0.1, -0.05) is 17.4 Å². The number of pyridine rings is 1. The second kappa shape index (κ2) is 7.34. The van der Waals surface area contributed by atoms with Crippen LogP contribution in [0.5, 0.6) is 0 Å². The Labute approximate surface area is 162 Å². The summed E-state index contributed by atoms with van der Waals surface area (Å²) < 4.78 is 38.8. The number of carbonyl (C=O) groups is 1. The maximum atomic E-state index is 12.9. The molecule has 1 N–H and O–H groups in total. The molecule has 1 saturated heterocycles. The molecule has 4 rings (SSSR count). The van der Waals surface area contributed by atoms with E-state index in [-0.39, 0.29) is 11.8 Å². The molecule has 0 unspecified atom stereocenters. The van der Waals surface area contributed by atoms with Crippen molar-refractivity contribution in [3.63, 3.8) is 0 Å². The summed E-state index contributed by atoms with van der Waals surface area (Å²) in [6.07, 6.45) is -1.58. The molecule has 6 nitrogen and oxygen atoms in total. The summed E-state index contributed by atoms with van der Waals surface area (Å²) in [5.41, 5.74) is 1.98. The van der Waals surface area contributed by atoms with E-state index >= 15 is 0 Å². The van der Waals surface area contributed by atoms with Gasteiger partial charge >= 0.3 is 6.18 Å². The van der Waals surface area contributed by atoms with E-state index < -0.39 is 11.7 Å². The molecule has 0 bridgehead atoms. The number of carbonyl (C=O) groups excluding carboxylic acids is 1. The van der Waals surface area contributed by atoms with E-state index in [1.165, 1.54) is 23.6 Å². The molecule has 1 aliphatic heterocycles. The fourth-order valence-corrected chi connectivity index (χ4v) is 3.85. The third kappa shape index (κ3) is 3.77. The molecule has 3 aromatic rings. The van der Waals surface area contributed by atoms with Crippen LogP contribution in [0.1, 0.15) is 18.4 Å². The molecule has 0 radical (unpaired) electrons. The lowest BCUT2D eigenvalue weighted by Crippen LogP contribution is -2.38. The van der Waals surface area contributed by atoms with Crippen LogP contribution >= 0.6 is 11.3 Å². The summed E-state index contributed by atoms with van der Waals surface area (Å²) in [4.78, 5) is 18.5. The lowest BCUT2D eigenvalue weighted by atomic mass is 9.95. The summed E-state index contributed by atoms with van der Waals surface area (Å²) in [5.74, 6) is -0.212. The third-order valence-corrected chi connectivity index (χ3v) is 5.45. The smallest absolute Gasteiger partial charge is 0.371 e. The van der Waals surface area contributed by atoms with E-state index in [1.807, 2.05) is 0 Å². The van der Waals surface area contributed by atoms with Crippen molar-refractivity contribution in [2.45, 2.75) is 19.0 Å². The highest BCUT2D eigenvalue weighted by Gasteiger charge is 2.31. The Morgan fingerprint density at radius 2 is 2.00 bits per heavy atom. The van der Waals surface area contributed by atoms with Crippen LogP contribution in [0, 0.1) is 5.92 Å². The van der Waals surface area contributed by atoms with Crippen molar-refractivity contribution in [2.24, 2.45) is 5.92 Å². The van der Waals surface area contributed by atoms with Crippen LogP contribution in [0.25, 0.3) is 10.9 Å². The summed E-state index contributed by atoms with van der Waals surface area (Å²) >= 11 is 1.27. The topological polar surface area (TPSA) is 71.0 Å². The van der Waals surface area contributed by atoms with Gasteiger partial charge in [0, 0.05) is 36.3 Å². The average Bonchev–Trinajstić information content (AvgIpc) is 3.19. The lowest BCUT2D eigenvalue weighted by molar-refractivity contribution is -0.137. The van der Waals surface area contributed by atoms with Crippen molar-refractivity contribution in [2.75, 3.05) is 23.3 Å². The summed E-state index contributed by atoms with van der Waals surface area (Å²) in [6, 6.07) is 5.42.